The smallest absolute Gasteiger partial charge is 0.387 e. The Morgan fingerprint density at radius 1 is 1.08 bits per heavy atom. The van der Waals surface area contributed by atoms with Crippen molar-refractivity contribution in [2.45, 2.75) is 13.5 Å². The third kappa shape index (κ3) is 4.76. The number of aromatic nitrogens is 1. The number of rotatable bonds is 6. The van der Waals surface area contributed by atoms with Gasteiger partial charge in [-0.2, -0.15) is 8.78 Å². The Morgan fingerprint density at radius 3 is 2.38 bits per heavy atom. The van der Waals surface area contributed by atoms with Crippen LogP contribution in [0.15, 0.2) is 53.9 Å². The lowest BCUT2D eigenvalue weighted by Crippen LogP contribution is -2.12. The summed E-state index contributed by atoms with van der Waals surface area (Å²) in [6, 6.07) is 13.5. The molecule has 0 aliphatic carbocycles. The van der Waals surface area contributed by atoms with Gasteiger partial charge in [-0.3, -0.25) is 4.79 Å². The largest absolute Gasteiger partial charge is 0.435 e. The van der Waals surface area contributed by atoms with Crippen molar-refractivity contribution in [3.63, 3.8) is 0 Å². The highest BCUT2D eigenvalue weighted by atomic mass is 32.1. The average molecular weight is 375 g/mol. The number of nitrogens with zero attached hydrogens (tertiary/aromatic N) is 1. The summed E-state index contributed by atoms with van der Waals surface area (Å²) in [5.41, 5.74) is 2.73. The van der Waals surface area contributed by atoms with E-state index in [0.717, 1.165) is 5.56 Å². The number of ether oxygens (including phenoxy) is 1. The van der Waals surface area contributed by atoms with Crippen LogP contribution >= 0.6 is 11.3 Å². The van der Waals surface area contributed by atoms with E-state index in [4.69, 9.17) is 0 Å². The van der Waals surface area contributed by atoms with E-state index in [1.807, 2.05) is 31.2 Å². The van der Waals surface area contributed by atoms with E-state index < -0.39 is 6.61 Å². The fourth-order valence-electron chi connectivity index (χ4n) is 2.11. The first-order valence-electron chi connectivity index (χ1n) is 7.65. The molecule has 2 N–H and O–H groups in total. The molecule has 0 saturated heterocycles. The van der Waals surface area contributed by atoms with Crippen molar-refractivity contribution >= 4 is 33.8 Å². The maximum absolute atomic E-state index is 12.2. The van der Waals surface area contributed by atoms with E-state index in [9.17, 15) is 13.6 Å². The molecule has 1 aromatic heterocycles. The van der Waals surface area contributed by atoms with Gasteiger partial charge in [0.1, 0.15) is 11.4 Å². The van der Waals surface area contributed by atoms with Crippen LogP contribution in [0.2, 0.25) is 0 Å². The summed E-state index contributed by atoms with van der Waals surface area (Å²) in [5, 5.41) is 7.95. The van der Waals surface area contributed by atoms with Gasteiger partial charge in [0, 0.05) is 16.8 Å². The predicted octanol–water partition coefficient (Wildman–Crippen LogP) is 5.05. The van der Waals surface area contributed by atoms with Crippen molar-refractivity contribution < 1.29 is 18.3 Å². The number of aryl methyl sites for hydroxylation is 1. The summed E-state index contributed by atoms with van der Waals surface area (Å²) in [5.74, 6) is -0.235. The van der Waals surface area contributed by atoms with Gasteiger partial charge in [-0.25, -0.2) is 4.98 Å². The number of amides is 1. The van der Waals surface area contributed by atoms with Gasteiger partial charge in [-0.05, 0) is 43.3 Å². The molecule has 26 heavy (non-hydrogen) atoms. The SMILES string of the molecule is Cc1ccc(NC(=O)c2csc(Nc3ccc(OC(F)F)cc3)n2)cc1. The van der Waals surface area contributed by atoms with Crippen molar-refractivity contribution in [2.24, 2.45) is 0 Å². The molecule has 0 aliphatic heterocycles. The molecule has 3 rings (SSSR count). The molecule has 5 nitrogen and oxygen atoms in total. The van der Waals surface area contributed by atoms with Crippen molar-refractivity contribution in [3.05, 3.63) is 65.2 Å². The van der Waals surface area contributed by atoms with Crippen molar-refractivity contribution in [2.75, 3.05) is 10.6 Å². The molecular formula is C18H15F2N3O2S. The molecule has 0 unspecified atom stereocenters. The molecule has 8 heteroatoms. The normalized spacial score (nSPS) is 10.6. The maximum atomic E-state index is 12.2. The second kappa shape index (κ2) is 7.92. The van der Waals surface area contributed by atoms with Crippen molar-refractivity contribution in [3.8, 4) is 5.75 Å². The summed E-state index contributed by atoms with van der Waals surface area (Å²) in [4.78, 5) is 16.5. The maximum Gasteiger partial charge on any atom is 0.387 e. The van der Waals surface area contributed by atoms with Crippen LogP contribution in [0.4, 0.5) is 25.3 Å². The van der Waals surface area contributed by atoms with Gasteiger partial charge in [-0.1, -0.05) is 17.7 Å². The van der Waals surface area contributed by atoms with Crippen molar-refractivity contribution in [1.82, 2.24) is 4.98 Å². The minimum absolute atomic E-state index is 0.0721. The third-order valence-corrected chi connectivity index (χ3v) is 4.13. The van der Waals surface area contributed by atoms with E-state index in [2.05, 4.69) is 20.4 Å². The summed E-state index contributed by atoms with van der Waals surface area (Å²) in [6.07, 6.45) is 0. The lowest BCUT2D eigenvalue weighted by Gasteiger charge is -2.06. The van der Waals surface area contributed by atoms with Gasteiger partial charge < -0.3 is 15.4 Å². The second-order valence-corrected chi connectivity index (χ2v) is 6.24. The average Bonchev–Trinajstić information content (AvgIpc) is 3.07. The Bertz CT molecular complexity index is 880. The molecule has 3 aromatic rings. The predicted molar refractivity (Wildman–Crippen MR) is 97.6 cm³/mol. The van der Waals surface area contributed by atoms with Crippen LogP contribution in [0.1, 0.15) is 16.1 Å². The second-order valence-electron chi connectivity index (χ2n) is 5.39. The topological polar surface area (TPSA) is 63.2 Å². The zero-order valence-electron chi connectivity index (χ0n) is 13.7. The molecule has 0 bridgehead atoms. The molecule has 0 fully saturated rings. The molecule has 2 aromatic carbocycles. The van der Waals surface area contributed by atoms with Crippen LogP contribution in [-0.4, -0.2) is 17.5 Å². The number of benzene rings is 2. The molecule has 1 heterocycles. The van der Waals surface area contributed by atoms with Gasteiger partial charge in [0.05, 0.1) is 0 Å². The Morgan fingerprint density at radius 2 is 1.73 bits per heavy atom. The lowest BCUT2D eigenvalue weighted by atomic mass is 10.2. The molecule has 1 amide bonds. The standard InChI is InChI=1S/C18H15F2N3O2S/c1-11-2-4-12(5-3-11)21-16(24)15-10-26-18(23-15)22-13-6-8-14(9-7-13)25-17(19)20/h2-10,17H,1H3,(H,21,24)(H,22,23). The van der Waals surface area contributed by atoms with Crippen LogP contribution in [0, 0.1) is 6.92 Å². The van der Waals surface area contributed by atoms with Crippen LogP contribution in [0.25, 0.3) is 0 Å². The van der Waals surface area contributed by atoms with Gasteiger partial charge >= 0.3 is 6.61 Å². The molecule has 134 valence electrons. The number of thiazole rings is 1. The fraction of sp³-hybridized carbons (Fsp3) is 0.111. The minimum atomic E-state index is -2.86. The summed E-state index contributed by atoms with van der Waals surface area (Å²) in [7, 11) is 0. The highest BCUT2D eigenvalue weighted by molar-refractivity contribution is 7.14. The van der Waals surface area contributed by atoms with E-state index in [1.54, 1.807) is 17.5 Å². The molecule has 0 saturated carbocycles. The van der Waals surface area contributed by atoms with Gasteiger partial charge in [0.15, 0.2) is 5.13 Å². The molecule has 0 aliphatic rings. The number of hydrogen-bond acceptors (Lipinski definition) is 5. The summed E-state index contributed by atoms with van der Waals surface area (Å²) >= 11 is 1.27. The molecule has 0 radical (unpaired) electrons. The van der Waals surface area contributed by atoms with E-state index in [-0.39, 0.29) is 17.4 Å². The number of anilines is 3. The van der Waals surface area contributed by atoms with Gasteiger partial charge in [0.2, 0.25) is 0 Å². The van der Waals surface area contributed by atoms with E-state index in [1.165, 1.54) is 23.5 Å². The number of alkyl halides is 2. The van der Waals surface area contributed by atoms with E-state index in [0.29, 0.717) is 16.5 Å². The monoisotopic (exact) mass is 375 g/mol. The zero-order chi connectivity index (χ0) is 18.5. The highest BCUT2D eigenvalue weighted by Crippen LogP contribution is 2.24. The number of halogens is 2. The molecule has 0 spiro atoms. The first-order chi connectivity index (χ1) is 12.5. The number of nitrogens with one attached hydrogen (secondary N) is 2. The lowest BCUT2D eigenvalue weighted by molar-refractivity contribution is -0.0498. The quantitative estimate of drug-likeness (QED) is 0.633. The Labute approximate surface area is 152 Å². The van der Waals surface area contributed by atoms with Gasteiger partial charge in [0.25, 0.3) is 5.91 Å². The molecule has 0 atom stereocenters. The van der Waals surface area contributed by atoms with Crippen LogP contribution in [-0.2, 0) is 0 Å². The fourth-order valence-corrected chi connectivity index (χ4v) is 2.82. The highest BCUT2D eigenvalue weighted by Gasteiger charge is 2.11. The van der Waals surface area contributed by atoms with Crippen LogP contribution in [0.3, 0.4) is 0 Å². The Hall–Kier alpha value is -3.00. The number of carbonyl (C=O) groups excluding carboxylic acids is 1. The van der Waals surface area contributed by atoms with Crippen LogP contribution < -0.4 is 15.4 Å². The van der Waals surface area contributed by atoms with Gasteiger partial charge in [-0.15, -0.1) is 11.3 Å². The summed E-state index contributed by atoms with van der Waals surface area (Å²) in [6.45, 7) is -0.891. The van der Waals surface area contributed by atoms with Crippen molar-refractivity contribution in [1.29, 1.82) is 0 Å². The minimum Gasteiger partial charge on any atom is -0.435 e. The van der Waals surface area contributed by atoms with Crippen LogP contribution in [0.5, 0.6) is 5.75 Å². The zero-order valence-corrected chi connectivity index (χ0v) is 14.5. The molecular weight excluding hydrogens is 360 g/mol. The summed E-state index contributed by atoms with van der Waals surface area (Å²) < 4.78 is 28.6. The number of hydrogen-bond donors (Lipinski definition) is 2. The first kappa shape index (κ1) is 17.8. The third-order valence-electron chi connectivity index (χ3n) is 3.38. The Kier molecular flexibility index (Phi) is 5.43. The van der Waals surface area contributed by atoms with E-state index >= 15 is 0 Å². The Balaban J connectivity index is 1.62. The number of carbonyl (C=O) groups is 1. The first-order valence-corrected chi connectivity index (χ1v) is 8.53.